The molecule has 33 heavy (non-hydrogen) atoms. The molecule has 6 heteroatoms. The van der Waals surface area contributed by atoms with Crippen molar-refractivity contribution in [3.63, 3.8) is 0 Å². The Kier molecular flexibility index (Phi) is 6.73. The maximum absolute atomic E-state index is 4.80. The van der Waals surface area contributed by atoms with Gasteiger partial charge in [0.2, 0.25) is 5.95 Å². The Morgan fingerprint density at radius 2 is 1.27 bits per heavy atom. The predicted octanol–water partition coefficient (Wildman–Crippen LogP) is 4.61. The predicted molar refractivity (Wildman–Crippen MR) is 133 cm³/mol. The van der Waals surface area contributed by atoms with Crippen LogP contribution in [0.5, 0.6) is 0 Å². The van der Waals surface area contributed by atoms with E-state index in [0.29, 0.717) is 0 Å². The van der Waals surface area contributed by atoms with Gasteiger partial charge in [-0.3, -0.25) is 4.90 Å². The molecule has 0 atom stereocenters. The Bertz CT molecular complexity index is 1120. The van der Waals surface area contributed by atoms with Crippen LogP contribution < -0.4 is 4.90 Å². The molecular formula is C27H30N6. The Labute approximate surface area is 195 Å². The van der Waals surface area contributed by atoms with Crippen LogP contribution in [0, 0.1) is 0 Å². The van der Waals surface area contributed by atoms with Crippen LogP contribution in [-0.4, -0.2) is 57.1 Å². The highest BCUT2D eigenvalue weighted by atomic mass is 15.3. The summed E-state index contributed by atoms with van der Waals surface area (Å²) >= 11 is 0. The number of benzene rings is 2. The lowest BCUT2D eigenvalue weighted by Gasteiger charge is -2.34. The van der Waals surface area contributed by atoms with Gasteiger partial charge in [0, 0.05) is 56.2 Å². The van der Waals surface area contributed by atoms with Gasteiger partial charge in [0.1, 0.15) is 0 Å². The van der Waals surface area contributed by atoms with Crippen molar-refractivity contribution < 1.29 is 0 Å². The lowest BCUT2D eigenvalue weighted by Crippen LogP contribution is -2.47. The summed E-state index contributed by atoms with van der Waals surface area (Å²) < 4.78 is 2.32. The molecule has 2 aromatic heterocycles. The molecule has 0 amide bonds. The molecule has 0 saturated carbocycles. The summed E-state index contributed by atoms with van der Waals surface area (Å²) in [5.74, 6) is 0.847. The molecule has 5 rings (SSSR count). The quantitative estimate of drug-likeness (QED) is 0.376. The third kappa shape index (κ3) is 5.12. The van der Waals surface area contributed by atoms with Gasteiger partial charge in [-0.25, -0.2) is 15.0 Å². The number of nitrogens with zero attached hydrogens (tertiary/aromatic N) is 6. The zero-order valence-corrected chi connectivity index (χ0v) is 18.9. The van der Waals surface area contributed by atoms with E-state index in [1.54, 1.807) is 0 Å². The smallest absolute Gasteiger partial charge is 0.225 e. The van der Waals surface area contributed by atoms with E-state index in [1.165, 1.54) is 17.7 Å². The van der Waals surface area contributed by atoms with Crippen LogP contribution in [0.25, 0.3) is 22.5 Å². The third-order valence-electron chi connectivity index (χ3n) is 6.26. The fourth-order valence-electron chi connectivity index (χ4n) is 4.50. The van der Waals surface area contributed by atoms with Gasteiger partial charge in [-0.2, -0.15) is 0 Å². The fraction of sp³-hybridized carbons (Fsp3) is 0.296. The van der Waals surface area contributed by atoms with Crippen molar-refractivity contribution in [2.75, 3.05) is 37.6 Å². The maximum atomic E-state index is 4.80. The first-order valence-electron chi connectivity index (χ1n) is 11.8. The lowest BCUT2D eigenvalue weighted by molar-refractivity contribution is 0.250. The number of hydrogen-bond acceptors (Lipinski definition) is 5. The zero-order chi connectivity index (χ0) is 22.3. The molecule has 1 aliphatic rings. The Morgan fingerprint density at radius 3 is 1.97 bits per heavy atom. The Hall–Kier alpha value is -3.51. The molecule has 4 aromatic rings. The number of aryl methyl sites for hydroxylation is 1. The molecule has 1 aliphatic heterocycles. The van der Waals surface area contributed by atoms with E-state index >= 15 is 0 Å². The van der Waals surface area contributed by atoms with Gasteiger partial charge in [-0.1, -0.05) is 60.7 Å². The summed E-state index contributed by atoms with van der Waals surface area (Å²) in [7, 11) is 0. The van der Waals surface area contributed by atoms with E-state index < -0.39 is 0 Å². The molecule has 168 valence electrons. The molecule has 0 spiro atoms. The number of unbranched alkanes of at least 4 members (excludes halogenated alkanes) is 1. The minimum atomic E-state index is 0.847. The summed E-state index contributed by atoms with van der Waals surface area (Å²) in [6.07, 6.45) is 7.94. The number of imidazole rings is 1. The van der Waals surface area contributed by atoms with Crippen molar-refractivity contribution in [3.05, 3.63) is 85.5 Å². The summed E-state index contributed by atoms with van der Waals surface area (Å²) in [5, 5.41) is 0. The molecule has 1 fully saturated rings. The van der Waals surface area contributed by atoms with Gasteiger partial charge >= 0.3 is 0 Å². The van der Waals surface area contributed by atoms with Crippen LogP contribution in [0.2, 0.25) is 0 Å². The molecule has 0 aliphatic carbocycles. The van der Waals surface area contributed by atoms with Gasteiger partial charge in [-0.15, -0.1) is 0 Å². The van der Waals surface area contributed by atoms with E-state index in [0.717, 1.165) is 62.9 Å². The molecule has 0 N–H and O–H groups in total. The largest absolute Gasteiger partial charge is 0.338 e. The number of aromatic nitrogens is 4. The van der Waals surface area contributed by atoms with Gasteiger partial charge in [0.25, 0.3) is 0 Å². The molecule has 2 aromatic carbocycles. The van der Waals surface area contributed by atoms with Crippen LogP contribution >= 0.6 is 0 Å². The first-order chi connectivity index (χ1) is 16.4. The van der Waals surface area contributed by atoms with E-state index in [-0.39, 0.29) is 0 Å². The number of anilines is 1. The topological polar surface area (TPSA) is 50.1 Å². The van der Waals surface area contributed by atoms with E-state index in [4.69, 9.17) is 4.98 Å². The van der Waals surface area contributed by atoms with Gasteiger partial charge < -0.3 is 9.47 Å². The third-order valence-corrected chi connectivity index (χ3v) is 6.26. The average molecular weight is 439 g/mol. The first kappa shape index (κ1) is 21.3. The lowest BCUT2D eigenvalue weighted by atomic mass is 10.0. The minimum Gasteiger partial charge on any atom is -0.338 e. The van der Waals surface area contributed by atoms with Crippen LogP contribution in [0.15, 0.2) is 85.5 Å². The summed E-state index contributed by atoms with van der Waals surface area (Å²) in [4.78, 5) is 18.4. The average Bonchev–Trinajstić information content (AvgIpc) is 3.32. The van der Waals surface area contributed by atoms with Gasteiger partial charge in [0.05, 0.1) is 17.7 Å². The highest BCUT2D eigenvalue weighted by Gasteiger charge is 2.18. The van der Waals surface area contributed by atoms with Crippen molar-refractivity contribution in [1.29, 1.82) is 0 Å². The van der Waals surface area contributed by atoms with Crippen LogP contribution in [0.3, 0.4) is 0 Å². The monoisotopic (exact) mass is 438 g/mol. The highest BCUT2D eigenvalue weighted by Crippen LogP contribution is 2.31. The second kappa shape index (κ2) is 10.4. The van der Waals surface area contributed by atoms with Crippen molar-refractivity contribution in [1.82, 2.24) is 24.4 Å². The van der Waals surface area contributed by atoms with E-state index in [9.17, 15) is 0 Å². The Morgan fingerprint density at radius 1 is 0.636 bits per heavy atom. The summed E-state index contributed by atoms with van der Waals surface area (Å²) in [6, 6.07) is 23.0. The normalized spacial score (nSPS) is 14.5. The fourth-order valence-corrected chi connectivity index (χ4v) is 4.50. The van der Waals surface area contributed by atoms with Crippen molar-refractivity contribution in [2.45, 2.75) is 19.4 Å². The van der Waals surface area contributed by atoms with E-state index in [1.807, 2.05) is 24.8 Å². The minimum absolute atomic E-state index is 0.847. The second-order valence-electron chi connectivity index (χ2n) is 8.45. The van der Waals surface area contributed by atoms with Crippen LogP contribution in [0.1, 0.15) is 12.8 Å². The standard InChI is InChI=1S/C27H30N6/c1-3-10-23(11-4-1)25-26(24-12-5-2-6-13-24)33(22-30-25)17-8-7-16-31-18-20-32(21-19-31)27-28-14-9-15-29-27/h1-6,9-15,22H,7-8,16-21H2. The van der Waals surface area contributed by atoms with Crippen LogP contribution in [0.4, 0.5) is 5.95 Å². The number of hydrogen-bond donors (Lipinski definition) is 0. The van der Waals surface area contributed by atoms with Gasteiger partial charge in [-0.05, 0) is 25.5 Å². The van der Waals surface area contributed by atoms with Gasteiger partial charge in [0.15, 0.2) is 0 Å². The summed E-state index contributed by atoms with van der Waals surface area (Å²) in [5.41, 5.74) is 4.64. The van der Waals surface area contributed by atoms with Crippen molar-refractivity contribution in [2.24, 2.45) is 0 Å². The summed E-state index contributed by atoms with van der Waals surface area (Å²) in [6.45, 7) is 6.22. The number of piperazine rings is 1. The first-order valence-corrected chi connectivity index (χ1v) is 11.8. The second-order valence-corrected chi connectivity index (χ2v) is 8.45. The van der Waals surface area contributed by atoms with Crippen molar-refractivity contribution >= 4 is 5.95 Å². The molecule has 0 radical (unpaired) electrons. The highest BCUT2D eigenvalue weighted by molar-refractivity contribution is 5.78. The molecular weight excluding hydrogens is 408 g/mol. The molecule has 0 unspecified atom stereocenters. The molecule has 6 nitrogen and oxygen atoms in total. The maximum Gasteiger partial charge on any atom is 0.225 e. The van der Waals surface area contributed by atoms with Crippen molar-refractivity contribution in [3.8, 4) is 22.5 Å². The SMILES string of the molecule is c1ccc(-c2ncn(CCCCN3CCN(c4ncccn4)CC3)c2-c2ccccc2)cc1. The molecule has 3 heterocycles. The van der Waals surface area contributed by atoms with Crippen LogP contribution in [-0.2, 0) is 6.54 Å². The van der Waals surface area contributed by atoms with E-state index in [2.05, 4.69) is 85.0 Å². The molecule has 1 saturated heterocycles. The zero-order valence-electron chi connectivity index (χ0n) is 18.9. The Balaban J connectivity index is 1.18. The molecule has 0 bridgehead atoms. The number of rotatable bonds is 8.